The molecular weight excluding hydrogens is 212 g/mol. The van der Waals surface area contributed by atoms with E-state index in [-0.39, 0.29) is 17.1 Å². The molecule has 2 heteroatoms. The van der Waals surface area contributed by atoms with Gasteiger partial charge in [-0.05, 0) is 38.2 Å². The van der Waals surface area contributed by atoms with Crippen LogP contribution in [0.5, 0.6) is 0 Å². The second kappa shape index (κ2) is 4.25. The third-order valence-corrected chi connectivity index (χ3v) is 4.46. The zero-order chi connectivity index (χ0) is 12.6. The highest BCUT2D eigenvalue weighted by atomic mass is 16.1. The molecule has 0 N–H and O–H groups in total. The molecule has 0 aromatic carbocycles. The van der Waals surface area contributed by atoms with Crippen molar-refractivity contribution in [2.24, 2.45) is 11.3 Å². The zero-order valence-corrected chi connectivity index (χ0v) is 10.7. The third-order valence-electron chi connectivity index (χ3n) is 4.46. The first-order valence-corrected chi connectivity index (χ1v) is 6.42. The van der Waals surface area contributed by atoms with Crippen molar-refractivity contribution in [3.05, 3.63) is 23.8 Å². The van der Waals surface area contributed by atoms with Gasteiger partial charge in [-0.3, -0.25) is 9.59 Å². The van der Waals surface area contributed by atoms with Crippen LogP contribution in [0.25, 0.3) is 0 Å². The zero-order valence-electron chi connectivity index (χ0n) is 10.7. The number of carbonyl (C=O) groups is 2. The van der Waals surface area contributed by atoms with Crippen molar-refractivity contribution in [2.75, 3.05) is 0 Å². The molecule has 0 bridgehead atoms. The van der Waals surface area contributed by atoms with Crippen LogP contribution in [0.15, 0.2) is 23.8 Å². The summed E-state index contributed by atoms with van der Waals surface area (Å²) in [6.07, 6.45) is 5.30. The van der Waals surface area contributed by atoms with Crippen LogP contribution in [-0.4, -0.2) is 11.6 Å². The number of hydrogen-bond acceptors (Lipinski definition) is 2. The fourth-order valence-corrected chi connectivity index (χ4v) is 2.93. The van der Waals surface area contributed by atoms with Gasteiger partial charge in [-0.15, -0.1) is 0 Å². The van der Waals surface area contributed by atoms with Gasteiger partial charge in [-0.1, -0.05) is 24.6 Å². The Morgan fingerprint density at radius 3 is 2.82 bits per heavy atom. The number of fused-ring (bicyclic) bond motifs is 1. The van der Waals surface area contributed by atoms with Crippen LogP contribution in [0.1, 0.15) is 46.0 Å². The molecule has 17 heavy (non-hydrogen) atoms. The minimum Gasteiger partial charge on any atom is -0.299 e. The lowest BCUT2D eigenvalue weighted by Crippen LogP contribution is -2.40. The summed E-state index contributed by atoms with van der Waals surface area (Å²) in [5, 5.41) is 0. The molecule has 2 atom stereocenters. The average molecular weight is 232 g/mol. The van der Waals surface area contributed by atoms with E-state index in [1.807, 2.05) is 6.92 Å². The van der Waals surface area contributed by atoms with Crippen LogP contribution < -0.4 is 0 Å². The van der Waals surface area contributed by atoms with E-state index in [4.69, 9.17) is 0 Å². The van der Waals surface area contributed by atoms with Crippen molar-refractivity contribution in [3.63, 3.8) is 0 Å². The molecule has 2 rings (SSSR count). The maximum Gasteiger partial charge on any atom is 0.155 e. The number of ketones is 2. The van der Waals surface area contributed by atoms with Gasteiger partial charge in [0.1, 0.15) is 5.78 Å². The van der Waals surface area contributed by atoms with Crippen molar-refractivity contribution < 1.29 is 9.59 Å². The van der Waals surface area contributed by atoms with Crippen LogP contribution in [0.4, 0.5) is 0 Å². The molecule has 0 aromatic heterocycles. The van der Waals surface area contributed by atoms with Crippen molar-refractivity contribution in [1.29, 1.82) is 0 Å². The third kappa shape index (κ3) is 2.01. The van der Waals surface area contributed by atoms with E-state index >= 15 is 0 Å². The first-order chi connectivity index (χ1) is 7.97. The van der Waals surface area contributed by atoms with Gasteiger partial charge >= 0.3 is 0 Å². The Kier molecular flexibility index (Phi) is 3.07. The highest BCUT2D eigenvalue weighted by Gasteiger charge is 2.44. The van der Waals surface area contributed by atoms with E-state index in [9.17, 15) is 9.59 Å². The summed E-state index contributed by atoms with van der Waals surface area (Å²) in [5.41, 5.74) is 1.82. The minimum atomic E-state index is -0.363. The second-order valence-corrected chi connectivity index (χ2v) is 5.51. The molecule has 0 saturated heterocycles. The van der Waals surface area contributed by atoms with Crippen LogP contribution in [0.2, 0.25) is 0 Å². The summed E-state index contributed by atoms with van der Waals surface area (Å²) >= 11 is 0. The first kappa shape index (κ1) is 12.3. The number of rotatable bonds is 2. The van der Waals surface area contributed by atoms with Crippen molar-refractivity contribution >= 4 is 11.6 Å². The Hall–Kier alpha value is -1.18. The fraction of sp³-hybridized carbons (Fsp3) is 0.600. The highest BCUT2D eigenvalue weighted by molar-refractivity contribution is 5.97. The summed E-state index contributed by atoms with van der Waals surface area (Å²) in [4.78, 5) is 23.8. The minimum absolute atomic E-state index is 0.174. The summed E-state index contributed by atoms with van der Waals surface area (Å²) in [6.45, 7) is 8.12. The molecule has 1 fully saturated rings. The predicted octanol–water partition coefficient (Wildman–Crippen LogP) is 3.23. The standard InChI is InChI=1S/C15H20O2/c1-4-10(2)11-7-12-9-13(16)5-6-15(12,3)14(17)8-11/h9,11H,2,4-8H2,1,3H3/t11-,15-/m0/s1. The van der Waals surface area contributed by atoms with E-state index in [1.54, 1.807) is 6.08 Å². The predicted molar refractivity (Wildman–Crippen MR) is 67.6 cm³/mol. The smallest absolute Gasteiger partial charge is 0.155 e. The molecule has 0 aliphatic heterocycles. The summed E-state index contributed by atoms with van der Waals surface area (Å²) in [5.74, 6) is 0.716. The normalized spacial score (nSPS) is 33.1. The summed E-state index contributed by atoms with van der Waals surface area (Å²) in [6, 6.07) is 0. The van der Waals surface area contributed by atoms with Crippen LogP contribution in [0, 0.1) is 11.3 Å². The first-order valence-electron chi connectivity index (χ1n) is 6.42. The van der Waals surface area contributed by atoms with Crippen LogP contribution >= 0.6 is 0 Å². The molecule has 1 saturated carbocycles. The molecule has 0 aromatic rings. The number of hydrogen-bond donors (Lipinski definition) is 0. The Balaban J connectivity index is 2.31. The maximum absolute atomic E-state index is 12.3. The van der Waals surface area contributed by atoms with E-state index in [2.05, 4.69) is 13.5 Å². The van der Waals surface area contributed by atoms with E-state index in [0.29, 0.717) is 25.0 Å². The number of carbonyl (C=O) groups excluding carboxylic acids is 2. The van der Waals surface area contributed by atoms with Crippen molar-refractivity contribution in [1.82, 2.24) is 0 Å². The topological polar surface area (TPSA) is 34.1 Å². The largest absolute Gasteiger partial charge is 0.299 e. The molecule has 92 valence electrons. The Morgan fingerprint density at radius 2 is 2.18 bits per heavy atom. The van der Waals surface area contributed by atoms with Crippen LogP contribution in [-0.2, 0) is 9.59 Å². The van der Waals surface area contributed by atoms with Crippen molar-refractivity contribution in [3.8, 4) is 0 Å². The second-order valence-electron chi connectivity index (χ2n) is 5.51. The van der Waals surface area contributed by atoms with E-state index in [0.717, 1.165) is 24.0 Å². The molecule has 0 heterocycles. The van der Waals surface area contributed by atoms with Gasteiger partial charge in [0, 0.05) is 18.3 Å². The van der Waals surface area contributed by atoms with Gasteiger partial charge in [0.05, 0.1) is 0 Å². The molecule has 2 aliphatic rings. The highest BCUT2D eigenvalue weighted by Crippen LogP contribution is 2.47. The molecule has 0 radical (unpaired) electrons. The van der Waals surface area contributed by atoms with Gasteiger partial charge in [0.15, 0.2) is 5.78 Å². The fourth-order valence-electron chi connectivity index (χ4n) is 2.93. The lowest BCUT2D eigenvalue weighted by Gasteiger charge is -2.41. The van der Waals surface area contributed by atoms with Crippen molar-refractivity contribution in [2.45, 2.75) is 46.0 Å². The maximum atomic E-state index is 12.3. The van der Waals surface area contributed by atoms with Gasteiger partial charge in [0.2, 0.25) is 0 Å². The molecule has 2 aliphatic carbocycles. The van der Waals surface area contributed by atoms with E-state index < -0.39 is 0 Å². The Morgan fingerprint density at radius 1 is 1.47 bits per heavy atom. The SMILES string of the molecule is C=C(CC)[C@@H]1CC(=O)[C@@]2(C)CCC(=O)C=C2C1. The lowest BCUT2D eigenvalue weighted by atomic mass is 9.61. The van der Waals surface area contributed by atoms with E-state index in [1.165, 1.54) is 0 Å². The van der Waals surface area contributed by atoms with Crippen LogP contribution in [0.3, 0.4) is 0 Å². The number of Topliss-reactive ketones (excluding diaryl/α,β-unsaturated/α-hetero) is 1. The lowest BCUT2D eigenvalue weighted by molar-refractivity contribution is -0.129. The Labute approximate surface area is 103 Å². The Bertz CT molecular complexity index is 417. The summed E-state index contributed by atoms with van der Waals surface area (Å²) < 4.78 is 0. The van der Waals surface area contributed by atoms with Gasteiger partial charge < -0.3 is 0 Å². The average Bonchev–Trinajstić information content (AvgIpc) is 2.30. The van der Waals surface area contributed by atoms with Gasteiger partial charge in [-0.2, -0.15) is 0 Å². The summed E-state index contributed by atoms with van der Waals surface area (Å²) in [7, 11) is 0. The molecule has 0 amide bonds. The van der Waals surface area contributed by atoms with Gasteiger partial charge in [0.25, 0.3) is 0 Å². The monoisotopic (exact) mass is 232 g/mol. The number of allylic oxidation sites excluding steroid dienone is 3. The van der Waals surface area contributed by atoms with Gasteiger partial charge in [-0.25, -0.2) is 0 Å². The molecule has 0 unspecified atom stereocenters. The molecular formula is C15H20O2. The molecule has 0 spiro atoms. The quantitative estimate of drug-likeness (QED) is 0.685. The molecule has 2 nitrogen and oxygen atoms in total.